The fraction of sp³-hybridized carbons (Fsp3) is 0.176. The summed E-state index contributed by atoms with van der Waals surface area (Å²) in [5, 5.41) is 9.73. The summed E-state index contributed by atoms with van der Waals surface area (Å²) in [7, 11) is 1.92. The zero-order valence-corrected chi connectivity index (χ0v) is 15.7. The number of carbonyl (C=O) groups excluding carboxylic acids is 1. The number of amides is 1. The van der Waals surface area contributed by atoms with Gasteiger partial charge in [0.1, 0.15) is 12.2 Å². The summed E-state index contributed by atoms with van der Waals surface area (Å²) in [4.78, 5) is 14.2. The number of likely N-dealkylation sites (N-methyl/N-ethyl adjacent to an activating group) is 1. The number of benzene rings is 1. The zero-order chi connectivity index (χ0) is 17.8. The lowest BCUT2D eigenvalue weighted by Crippen LogP contribution is -3.08. The number of rotatable bonds is 6. The second-order valence-electron chi connectivity index (χ2n) is 5.65. The fourth-order valence-corrected chi connectivity index (χ4v) is 3.33. The molecule has 5 nitrogen and oxygen atoms in total. The summed E-state index contributed by atoms with van der Waals surface area (Å²) in [5.41, 5.74) is 1.43. The van der Waals surface area contributed by atoms with Crippen molar-refractivity contribution in [3.8, 4) is 10.6 Å². The summed E-state index contributed by atoms with van der Waals surface area (Å²) >= 11 is 13.4. The first-order chi connectivity index (χ1) is 12.0. The van der Waals surface area contributed by atoms with Crippen molar-refractivity contribution >= 4 is 46.1 Å². The number of thiophene rings is 1. The lowest BCUT2D eigenvalue weighted by Gasteiger charge is -2.12. The molecule has 8 heteroatoms. The van der Waals surface area contributed by atoms with Crippen LogP contribution >= 0.6 is 34.5 Å². The predicted molar refractivity (Wildman–Crippen MR) is 100 cm³/mol. The first-order valence-electron chi connectivity index (χ1n) is 7.57. The van der Waals surface area contributed by atoms with Crippen LogP contribution in [0.25, 0.3) is 10.6 Å². The molecule has 2 heterocycles. The van der Waals surface area contributed by atoms with Crippen LogP contribution in [0.1, 0.15) is 5.69 Å². The third-order valence-corrected chi connectivity index (χ3v) is 5.10. The van der Waals surface area contributed by atoms with E-state index in [1.54, 1.807) is 29.5 Å². The normalized spacial score (nSPS) is 12.1. The summed E-state index contributed by atoms with van der Waals surface area (Å²) < 4.78 is 5.35. The van der Waals surface area contributed by atoms with Gasteiger partial charge in [-0.25, -0.2) is 0 Å². The Hall–Kier alpha value is -1.86. The Balaban J connectivity index is 1.54. The number of nitrogens with zero attached hydrogens (tertiary/aromatic N) is 1. The number of halogens is 2. The maximum atomic E-state index is 12.2. The summed E-state index contributed by atoms with van der Waals surface area (Å²) in [6.07, 6.45) is 0. The van der Waals surface area contributed by atoms with Gasteiger partial charge >= 0.3 is 0 Å². The van der Waals surface area contributed by atoms with Crippen LogP contribution in [0, 0.1) is 0 Å². The molecule has 0 spiro atoms. The van der Waals surface area contributed by atoms with Gasteiger partial charge in [0.2, 0.25) is 0 Å². The fourth-order valence-electron chi connectivity index (χ4n) is 2.35. The maximum absolute atomic E-state index is 12.2. The number of carbonyl (C=O) groups is 1. The van der Waals surface area contributed by atoms with Crippen LogP contribution in [-0.2, 0) is 11.3 Å². The monoisotopic (exact) mass is 396 g/mol. The summed E-state index contributed by atoms with van der Waals surface area (Å²) in [6, 6.07) is 10.8. The van der Waals surface area contributed by atoms with Gasteiger partial charge in [-0.15, -0.1) is 11.3 Å². The van der Waals surface area contributed by atoms with E-state index in [4.69, 9.17) is 27.7 Å². The molecule has 1 aromatic carbocycles. The van der Waals surface area contributed by atoms with Crippen LogP contribution in [0.5, 0.6) is 0 Å². The second kappa shape index (κ2) is 8.01. The molecular weight excluding hydrogens is 381 g/mol. The van der Waals surface area contributed by atoms with Gasteiger partial charge in [-0.3, -0.25) is 4.79 Å². The molecule has 0 radical (unpaired) electrons. The SMILES string of the molecule is C[NH+](CC(=O)Nc1ccc(Cl)c(Cl)c1)Cc1cc(-c2cccs2)on1. The minimum absolute atomic E-state index is 0.113. The molecule has 1 atom stereocenters. The molecule has 130 valence electrons. The van der Waals surface area contributed by atoms with E-state index in [0.29, 0.717) is 28.8 Å². The molecule has 0 aliphatic carbocycles. The molecule has 0 saturated heterocycles. The van der Waals surface area contributed by atoms with Gasteiger partial charge in [0.25, 0.3) is 5.91 Å². The molecule has 3 rings (SSSR count). The van der Waals surface area contributed by atoms with E-state index in [-0.39, 0.29) is 5.91 Å². The van der Waals surface area contributed by atoms with Crippen LogP contribution in [0.2, 0.25) is 10.0 Å². The van der Waals surface area contributed by atoms with E-state index in [2.05, 4.69) is 10.5 Å². The molecule has 1 amide bonds. The van der Waals surface area contributed by atoms with E-state index >= 15 is 0 Å². The van der Waals surface area contributed by atoms with Crippen LogP contribution in [0.3, 0.4) is 0 Å². The summed E-state index contributed by atoms with van der Waals surface area (Å²) in [6.45, 7) is 0.880. The molecule has 0 fully saturated rings. The number of hydrogen-bond donors (Lipinski definition) is 2. The number of hydrogen-bond acceptors (Lipinski definition) is 4. The van der Waals surface area contributed by atoms with Crippen LogP contribution in [0.4, 0.5) is 5.69 Å². The number of aromatic nitrogens is 1. The third kappa shape index (κ3) is 4.83. The van der Waals surface area contributed by atoms with Crippen molar-refractivity contribution in [2.24, 2.45) is 0 Å². The summed E-state index contributed by atoms with van der Waals surface area (Å²) in [5.74, 6) is 0.635. The number of anilines is 1. The minimum Gasteiger partial charge on any atom is -0.355 e. The third-order valence-electron chi connectivity index (χ3n) is 3.47. The Bertz CT molecular complexity index is 865. The molecule has 0 bridgehead atoms. The largest absolute Gasteiger partial charge is 0.355 e. The standard InChI is InChI=1S/C17H15Cl2N3O2S/c1-22(9-12-8-15(24-21-12)16-3-2-6-25-16)10-17(23)20-11-4-5-13(18)14(19)7-11/h2-8H,9-10H2,1H3,(H,20,23)/p+1. The molecule has 3 aromatic rings. The lowest BCUT2D eigenvalue weighted by molar-refractivity contribution is -0.885. The van der Waals surface area contributed by atoms with Crippen molar-refractivity contribution in [1.29, 1.82) is 0 Å². The molecule has 2 N–H and O–H groups in total. The van der Waals surface area contributed by atoms with Crippen molar-refractivity contribution in [2.45, 2.75) is 6.54 Å². The zero-order valence-electron chi connectivity index (χ0n) is 13.4. The quantitative estimate of drug-likeness (QED) is 0.671. The molecule has 2 aromatic heterocycles. The Labute approximate surface area is 159 Å². The van der Waals surface area contributed by atoms with Gasteiger partial charge in [0.05, 0.1) is 22.0 Å². The average molecular weight is 397 g/mol. The average Bonchev–Trinajstić information content (AvgIpc) is 3.21. The predicted octanol–water partition coefficient (Wildman–Crippen LogP) is 3.36. The minimum atomic E-state index is -0.113. The van der Waals surface area contributed by atoms with Crippen LogP contribution in [-0.4, -0.2) is 24.7 Å². The Morgan fingerprint density at radius 2 is 2.12 bits per heavy atom. The highest BCUT2D eigenvalue weighted by Crippen LogP contribution is 2.25. The van der Waals surface area contributed by atoms with E-state index in [9.17, 15) is 4.79 Å². The number of quaternary nitrogens is 1. The van der Waals surface area contributed by atoms with Crippen LogP contribution in [0.15, 0.2) is 46.3 Å². The molecule has 1 unspecified atom stereocenters. The molecule has 0 aliphatic rings. The highest BCUT2D eigenvalue weighted by Gasteiger charge is 2.15. The first kappa shape index (κ1) is 17.9. The second-order valence-corrected chi connectivity index (χ2v) is 7.41. The Morgan fingerprint density at radius 3 is 2.84 bits per heavy atom. The van der Waals surface area contributed by atoms with E-state index < -0.39 is 0 Å². The van der Waals surface area contributed by atoms with Crippen molar-refractivity contribution in [3.63, 3.8) is 0 Å². The smallest absolute Gasteiger partial charge is 0.279 e. The first-order valence-corrected chi connectivity index (χ1v) is 9.20. The van der Waals surface area contributed by atoms with Crippen molar-refractivity contribution < 1.29 is 14.2 Å². The van der Waals surface area contributed by atoms with Crippen molar-refractivity contribution in [2.75, 3.05) is 18.9 Å². The highest BCUT2D eigenvalue weighted by molar-refractivity contribution is 7.13. The Kier molecular flexibility index (Phi) is 5.75. The van der Waals surface area contributed by atoms with Crippen LogP contribution < -0.4 is 10.2 Å². The van der Waals surface area contributed by atoms with Gasteiger partial charge in [-0.1, -0.05) is 34.4 Å². The van der Waals surface area contributed by atoms with Gasteiger partial charge in [-0.2, -0.15) is 0 Å². The van der Waals surface area contributed by atoms with Crippen molar-refractivity contribution in [1.82, 2.24) is 5.16 Å². The van der Waals surface area contributed by atoms with E-state index in [1.165, 1.54) is 0 Å². The topological polar surface area (TPSA) is 59.6 Å². The highest BCUT2D eigenvalue weighted by atomic mass is 35.5. The number of nitrogens with one attached hydrogen (secondary N) is 2. The molecule has 25 heavy (non-hydrogen) atoms. The molecule has 0 aliphatic heterocycles. The molecular formula is C17H16Cl2N3O2S+. The van der Waals surface area contributed by atoms with Gasteiger partial charge in [0.15, 0.2) is 12.3 Å². The van der Waals surface area contributed by atoms with E-state index in [0.717, 1.165) is 21.2 Å². The van der Waals surface area contributed by atoms with Gasteiger partial charge < -0.3 is 14.7 Å². The maximum Gasteiger partial charge on any atom is 0.279 e. The van der Waals surface area contributed by atoms with Gasteiger partial charge in [0, 0.05) is 11.8 Å². The van der Waals surface area contributed by atoms with Crippen molar-refractivity contribution in [3.05, 3.63) is 57.5 Å². The van der Waals surface area contributed by atoms with E-state index in [1.807, 2.05) is 30.6 Å². The molecule has 0 saturated carbocycles. The van der Waals surface area contributed by atoms with Gasteiger partial charge in [-0.05, 0) is 29.6 Å². The Morgan fingerprint density at radius 1 is 1.28 bits per heavy atom. The lowest BCUT2D eigenvalue weighted by atomic mass is 10.3.